The van der Waals surface area contributed by atoms with Crippen LogP contribution in [0.1, 0.15) is 37.6 Å². The van der Waals surface area contributed by atoms with Gasteiger partial charge in [0.05, 0.1) is 0 Å². The molecular weight excluding hydrogens is 310 g/mol. The Balaban J connectivity index is 1.50. The van der Waals surface area contributed by atoms with E-state index in [-0.39, 0.29) is 0 Å². The third-order valence-corrected chi connectivity index (χ3v) is 5.00. The highest BCUT2D eigenvalue weighted by atomic mass is 15.3. The Morgan fingerprint density at radius 1 is 1.24 bits per heavy atom. The standard InChI is InChI=1S/C20H29N5/c1-17-9-13-25(14-10-17)20(21)23-16-19-22-11-15-24(19)12-5-8-18-6-3-2-4-7-18/h2-4,6-7,11,15,17H,5,8-10,12-14,16H2,1H3,(H2,21,23). The summed E-state index contributed by atoms with van der Waals surface area (Å²) in [5, 5.41) is 0. The maximum absolute atomic E-state index is 6.18. The van der Waals surface area contributed by atoms with Crippen LogP contribution >= 0.6 is 0 Å². The summed E-state index contributed by atoms with van der Waals surface area (Å²) >= 11 is 0. The van der Waals surface area contributed by atoms with Crippen LogP contribution in [0.15, 0.2) is 47.7 Å². The summed E-state index contributed by atoms with van der Waals surface area (Å²) in [4.78, 5) is 11.2. The van der Waals surface area contributed by atoms with E-state index in [0.717, 1.165) is 44.2 Å². The number of nitrogens with two attached hydrogens (primary N) is 1. The van der Waals surface area contributed by atoms with Crippen molar-refractivity contribution in [2.45, 2.75) is 45.7 Å². The predicted octanol–water partition coefficient (Wildman–Crippen LogP) is 3.06. The predicted molar refractivity (Wildman–Crippen MR) is 102 cm³/mol. The fraction of sp³-hybridized carbons (Fsp3) is 0.500. The highest BCUT2D eigenvalue weighted by molar-refractivity contribution is 5.78. The topological polar surface area (TPSA) is 59.4 Å². The van der Waals surface area contributed by atoms with Crippen molar-refractivity contribution in [2.24, 2.45) is 16.6 Å². The van der Waals surface area contributed by atoms with E-state index in [1.165, 1.54) is 18.4 Å². The summed E-state index contributed by atoms with van der Waals surface area (Å²) in [7, 11) is 0. The van der Waals surface area contributed by atoms with E-state index in [1.54, 1.807) is 0 Å². The maximum atomic E-state index is 6.18. The summed E-state index contributed by atoms with van der Waals surface area (Å²) in [6.45, 7) is 5.85. The van der Waals surface area contributed by atoms with E-state index in [9.17, 15) is 0 Å². The van der Waals surface area contributed by atoms with Crippen molar-refractivity contribution in [3.8, 4) is 0 Å². The third-order valence-electron chi connectivity index (χ3n) is 5.00. The van der Waals surface area contributed by atoms with Crippen molar-refractivity contribution >= 4 is 5.96 Å². The van der Waals surface area contributed by atoms with Gasteiger partial charge < -0.3 is 15.2 Å². The number of guanidine groups is 1. The molecule has 0 aliphatic carbocycles. The van der Waals surface area contributed by atoms with Crippen LogP contribution < -0.4 is 5.73 Å². The number of benzene rings is 1. The lowest BCUT2D eigenvalue weighted by Crippen LogP contribution is -2.42. The maximum Gasteiger partial charge on any atom is 0.191 e. The molecule has 5 nitrogen and oxygen atoms in total. The Morgan fingerprint density at radius 3 is 2.76 bits per heavy atom. The lowest BCUT2D eigenvalue weighted by atomic mass is 10.00. The number of hydrogen-bond donors (Lipinski definition) is 1. The lowest BCUT2D eigenvalue weighted by molar-refractivity contribution is 0.277. The number of imidazole rings is 1. The monoisotopic (exact) mass is 339 g/mol. The van der Waals surface area contributed by atoms with Gasteiger partial charge in [0, 0.05) is 32.0 Å². The second kappa shape index (κ2) is 8.70. The SMILES string of the molecule is CC1CCN(C(N)=NCc2nccn2CCCc2ccccc2)CC1. The van der Waals surface area contributed by atoms with Crippen molar-refractivity contribution in [2.75, 3.05) is 13.1 Å². The highest BCUT2D eigenvalue weighted by Gasteiger charge is 2.17. The van der Waals surface area contributed by atoms with Crippen molar-refractivity contribution in [1.29, 1.82) is 0 Å². The van der Waals surface area contributed by atoms with Crippen molar-refractivity contribution in [3.63, 3.8) is 0 Å². The average molecular weight is 339 g/mol. The molecule has 0 amide bonds. The molecule has 5 heteroatoms. The summed E-state index contributed by atoms with van der Waals surface area (Å²) in [5.74, 6) is 2.44. The summed E-state index contributed by atoms with van der Waals surface area (Å²) in [5.41, 5.74) is 7.56. The summed E-state index contributed by atoms with van der Waals surface area (Å²) < 4.78 is 2.19. The van der Waals surface area contributed by atoms with Gasteiger partial charge in [-0.3, -0.25) is 0 Å². The first kappa shape index (κ1) is 17.5. The molecule has 0 atom stereocenters. The van der Waals surface area contributed by atoms with E-state index in [0.29, 0.717) is 12.5 Å². The Morgan fingerprint density at radius 2 is 2.00 bits per heavy atom. The van der Waals surface area contributed by atoms with E-state index >= 15 is 0 Å². The Bertz CT molecular complexity index is 668. The zero-order valence-electron chi connectivity index (χ0n) is 15.1. The molecule has 2 heterocycles. The van der Waals surface area contributed by atoms with Gasteiger partial charge in [-0.2, -0.15) is 0 Å². The number of nitrogens with zero attached hydrogens (tertiary/aromatic N) is 4. The number of likely N-dealkylation sites (tertiary alicyclic amines) is 1. The lowest BCUT2D eigenvalue weighted by Gasteiger charge is -2.31. The molecule has 25 heavy (non-hydrogen) atoms. The second-order valence-electron chi connectivity index (χ2n) is 6.97. The molecule has 0 bridgehead atoms. The van der Waals surface area contributed by atoms with E-state index in [1.807, 2.05) is 12.4 Å². The van der Waals surface area contributed by atoms with Gasteiger partial charge in [-0.1, -0.05) is 37.3 Å². The molecule has 1 fully saturated rings. The fourth-order valence-corrected chi connectivity index (χ4v) is 3.28. The first-order valence-electron chi connectivity index (χ1n) is 9.31. The average Bonchev–Trinajstić information content (AvgIpc) is 3.08. The van der Waals surface area contributed by atoms with Crippen LogP contribution in [0.3, 0.4) is 0 Å². The molecule has 0 spiro atoms. The zero-order valence-corrected chi connectivity index (χ0v) is 15.1. The molecule has 0 unspecified atom stereocenters. The van der Waals surface area contributed by atoms with Crippen LogP contribution in [0.5, 0.6) is 0 Å². The molecule has 1 aromatic heterocycles. The van der Waals surface area contributed by atoms with Gasteiger partial charge in [0.1, 0.15) is 12.4 Å². The zero-order chi connectivity index (χ0) is 17.5. The summed E-state index contributed by atoms with van der Waals surface area (Å²) in [6, 6.07) is 10.6. The van der Waals surface area contributed by atoms with Crippen LogP contribution in [0.4, 0.5) is 0 Å². The minimum Gasteiger partial charge on any atom is -0.370 e. The molecule has 3 rings (SSSR count). The summed E-state index contributed by atoms with van der Waals surface area (Å²) in [6.07, 6.45) is 8.46. The molecule has 1 aliphatic heterocycles. The first-order chi connectivity index (χ1) is 12.2. The molecule has 1 saturated heterocycles. The van der Waals surface area contributed by atoms with E-state index in [4.69, 9.17) is 5.73 Å². The number of aryl methyl sites for hydroxylation is 2. The van der Waals surface area contributed by atoms with Crippen LogP contribution in [0.2, 0.25) is 0 Å². The van der Waals surface area contributed by atoms with Crippen molar-refractivity contribution in [1.82, 2.24) is 14.5 Å². The Kier molecular flexibility index (Phi) is 6.09. The molecule has 1 aliphatic rings. The quantitative estimate of drug-likeness (QED) is 0.650. The van der Waals surface area contributed by atoms with Gasteiger partial charge in [0.2, 0.25) is 0 Å². The number of rotatable bonds is 6. The van der Waals surface area contributed by atoms with Gasteiger partial charge >= 0.3 is 0 Å². The van der Waals surface area contributed by atoms with Gasteiger partial charge in [0.25, 0.3) is 0 Å². The van der Waals surface area contributed by atoms with Crippen molar-refractivity contribution < 1.29 is 0 Å². The molecule has 2 N–H and O–H groups in total. The van der Waals surface area contributed by atoms with Gasteiger partial charge in [-0.15, -0.1) is 0 Å². The van der Waals surface area contributed by atoms with Crippen LogP contribution in [-0.2, 0) is 19.5 Å². The Labute approximate surface area is 150 Å². The largest absolute Gasteiger partial charge is 0.370 e. The first-order valence-corrected chi connectivity index (χ1v) is 9.31. The molecule has 134 valence electrons. The minimum absolute atomic E-state index is 0.552. The Hall–Kier alpha value is -2.30. The van der Waals surface area contributed by atoms with Gasteiger partial charge in [-0.25, -0.2) is 9.98 Å². The fourth-order valence-electron chi connectivity index (χ4n) is 3.28. The van der Waals surface area contributed by atoms with Crippen LogP contribution in [-0.4, -0.2) is 33.5 Å². The van der Waals surface area contributed by atoms with Crippen LogP contribution in [0.25, 0.3) is 0 Å². The van der Waals surface area contributed by atoms with Crippen LogP contribution in [0, 0.1) is 5.92 Å². The number of hydrogen-bond acceptors (Lipinski definition) is 2. The molecule has 1 aromatic carbocycles. The highest BCUT2D eigenvalue weighted by Crippen LogP contribution is 2.15. The van der Waals surface area contributed by atoms with E-state index < -0.39 is 0 Å². The molecule has 2 aromatic rings. The smallest absolute Gasteiger partial charge is 0.191 e. The number of piperidine rings is 1. The normalized spacial score (nSPS) is 16.4. The minimum atomic E-state index is 0.552. The molecule has 0 saturated carbocycles. The molecular formula is C20H29N5. The van der Waals surface area contributed by atoms with Gasteiger partial charge in [-0.05, 0) is 37.2 Å². The third kappa shape index (κ3) is 5.08. The van der Waals surface area contributed by atoms with Crippen molar-refractivity contribution in [3.05, 3.63) is 54.1 Å². The van der Waals surface area contributed by atoms with Gasteiger partial charge in [0.15, 0.2) is 5.96 Å². The number of aliphatic imine (C=N–C) groups is 1. The second-order valence-corrected chi connectivity index (χ2v) is 6.97. The number of aromatic nitrogens is 2. The van der Waals surface area contributed by atoms with E-state index in [2.05, 4.69) is 56.7 Å². The molecule has 0 radical (unpaired) electrons.